The number of nitrogens with one attached hydrogen (secondary N) is 3. The zero-order valence-electron chi connectivity index (χ0n) is 17.7. The number of carboxylic acid groups (broad SMARTS) is 1. The highest BCUT2D eigenvalue weighted by molar-refractivity contribution is 6.15. The topological polar surface area (TPSA) is 108 Å². The van der Waals surface area contributed by atoms with Gasteiger partial charge in [0.1, 0.15) is 6.04 Å². The van der Waals surface area contributed by atoms with Gasteiger partial charge in [-0.1, -0.05) is 43.2 Å². The molecule has 0 saturated heterocycles. The van der Waals surface area contributed by atoms with Gasteiger partial charge in [-0.3, -0.25) is 14.4 Å². The van der Waals surface area contributed by atoms with Gasteiger partial charge in [0.05, 0.1) is 14.3 Å². The van der Waals surface area contributed by atoms with Crippen LogP contribution in [0.1, 0.15) is 57.4 Å². The van der Waals surface area contributed by atoms with Gasteiger partial charge in [-0.15, -0.1) is 0 Å². The van der Waals surface area contributed by atoms with Crippen molar-refractivity contribution in [1.29, 1.82) is 0 Å². The number of carbonyl (C=O) groups is 3. The molecule has 0 spiro atoms. The van der Waals surface area contributed by atoms with Crippen LogP contribution in [-0.4, -0.2) is 54.8 Å². The molecule has 1 aliphatic carbocycles. The Morgan fingerprint density at radius 2 is 1.83 bits per heavy atom. The van der Waals surface area contributed by atoms with Crippen molar-refractivity contribution in [3.8, 4) is 0 Å². The summed E-state index contributed by atoms with van der Waals surface area (Å²) in [6, 6.07) is 8.61. The fourth-order valence-electron chi connectivity index (χ4n) is 3.81. The van der Waals surface area contributed by atoms with Crippen LogP contribution in [0.4, 0.5) is 0 Å². The van der Waals surface area contributed by atoms with Gasteiger partial charge >= 0.3 is 5.97 Å². The van der Waals surface area contributed by atoms with Gasteiger partial charge in [-0.2, -0.15) is 0 Å². The molecule has 1 aliphatic rings. The number of aliphatic carboxylic acids is 1. The van der Waals surface area contributed by atoms with E-state index in [0.717, 1.165) is 31.2 Å². The Bertz CT molecular complexity index is 708. The van der Waals surface area contributed by atoms with Crippen molar-refractivity contribution in [2.75, 3.05) is 6.54 Å². The van der Waals surface area contributed by atoms with E-state index in [4.69, 9.17) is 13.0 Å². The van der Waals surface area contributed by atoms with Gasteiger partial charge in [0.25, 0.3) is 0 Å². The third-order valence-corrected chi connectivity index (χ3v) is 5.42. The second-order valence-corrected chi connectivity index (χ2v) is 8.19. The average Bonchev–Trinajstić information content (AvgIpc) is 3.12. The number of hydrogen-bond donors (Lipinski definition) is 4. The van der Waals surface area contributed by atoms with E-state index in [1.54, 1.807) is 0 Å². The Kier molecular flexibility index (Phi) is 9.37. The first kappa shape index (κ1) is 23.9. The first-order valence-corrected chi connectivity index (χ1v) is 10.7. The van der Waals surface area contributed by atoms with Crippen molar-refractivity contribution in [2.45, 2.75) is 75.8 Å². The predicted octanol–water partition coefficient (Wildman–Crippen LogP) is 1.50. The minimum Gasteiger partial charge on any atom is -0.481 e. The summed E-state index contributed by atoms with van der Waals surface area (Å²) in [6.45, 7) is 2.35. The van der Waals surface area contributed by atoms with E-state index in [1.807, 2.05) is 37.3 Å². The highest BCUT2D eigenvalue weighted by atomic mass is 16.4. The molecule has 1 aromatic rings. The fourth-order valence-corrected chi connectivity index (χ4v) is 3.81. The molecule has 2 radical (unpaired) electrons. The Morgan fingerprint density at radius 1 is 1.17 bits per heavy atom. The Balaban J connectivity index is 1.76. The van der Waals surface area contributed by atoms with E-state index in [-0.39, 0.29) is 23.8 Å². The van der Waals surface area contributed by atoms with Crippen molar-refractivity contribution in [1.82, 2.24) is 16.0 Å². The molecule has 2 rings (SSSR count). The second-order valence-electron chi connectivity index (χ2n) is 8.19. The Hall–Kier alpha value is -2.35. The minimum atomic E-state index is -1.14. The first-order chi connectivity index (χ1) is 14.3. The normalized spacial score (nSPS) is 17.1. The fraction of sp³-hybridized carbons (Fsp3) is 0.591. The summed E-state index contributed by atoms with van der Waals surface area (Å²) in [5.74, 6) is -1.97. The maximum absolute atomic E-state index is 12.4. The third-order valence-electron chi connectivity index (χ3n) is 5.42. The maximum Gasteiger partial charge on any atom is 0.305 e. The van der Waals surface area contributed by atoms with Crippen LogP contribution in [0, 0.1) is 0 Å². The standard InChI is InChI=1S/C22H32BN3O4/c1-16(26-22(23)12-5-6-13-22)9-10-19(27)25-18(15-20(28)29)21(30)24-14-11-17-7-3-2-4-8-17/h2-4,7-8,16,18,26H,5-6,9-15H2,1H3,(H,24,30)(H,25,27)(H,28,29). The summed E-state index contributed by atoms with van der Waals surface area (Å²) in [5.41, 5.74) is 0.707. The van der Waals surface area contributed by atoms with Gasteiger partial charge < -0.3 is 21.1 Å². The molecule has 7 nitrogen and oxygen atoms in total. The molecule has 8 heteroatoms. The molecule has 1 saturated carbocycles. The van der Waals surface area contributed by atoms with Gasteiger partial charge in [0, 0.05) is 19.0 Å². The number of amides is 2. The van der Waals surface area contributed by atoms with E-state index in [0.29, 0.717) is 19.4 Å². The van der Waals surface area contributed by atoms with Crippen LogP contribution >= 0.6 is 0 Å². The molecule has 1 aromatic carbocycles. The summed E-state index contributed by atoms with van der Waals surface area (Å²) in [4.78, 5) is 35.8. The SMILES string of the molecule is [B]C1(NC(C)CCC(=O)NC(CC(=O)O)C(=O)NCCc2ccccc2)CCCC1. The van der Waals surface area contributed by atoms with E-state index in [1.165, 1.54) is 0 Å². The smallest absolute Gasteiger partial charge is 0.305 e. The highest BCUT2D eigenvalue weighted by Gasteiger charge is 2.29. The molecule has 30 heavy (non-hydrogen) atoms. The van der Waals surface area contributed by atoms with E-state index < -0.39 is 24.3 Å². The molecule has 2 unspecified atom stereocenters. The summed E-state index contributed by atoms with van der Waals surface area (Å²) in [5, 5.41) is 17.8. The molecule has 2 atom stereocenters. The highest BCUT2D eigenvalue weighted by Crippen LogP contribution is 2.27. The first-order valence-electron chi connectivity index (χ1n) is 10.7. The third kappa shape index (κ3) is 8.57. The molecule has 4 N–H and O–H groups in total. The Labute approximate surface area is 179 Å². The van der Waals surface area contributed by atoms with Crippen LogP contribution in [0.2, 0.25) is 0 Å². The summed E-state index contributed by atoms with van der Waals surface area (Å²) >= 11 is 0. The van der Waals surface area contributed by atoms with Crippen LogP contribution in [0.5, 0.6) is 0 Å². The van der Waals surface area contributed by atoms with Crippen LogP contribution in [-0.2, 0) is 20.8 Å². The van der Waals surface area contributed by atoms with Gasteiger partial charge in [-0.05, 0) is 43.6 Å². The molecule has 162 valence electrons. The maximum atomic E-state index is 12.4. The number of hydrogen-bond acceptors (Lipinski definition) is 4. The monoisotopic (exact) mass is 413 g/mol. The quantitative estimate of drug-likeness (QED) is 0.389. The molecule has 0 heterocycles. The molecular formula is C22H32BN3O4. The lowest BCUT2D eigenvalue weighted by molar-refractivity contribution is -0.140. The summed E-state index contributed by atoms with van der Waals surface area (Å²) in [7, 11) is 6.30. The van der Waals surface area contributed by atoms with E-state index in [2.05, 4.69) is 16.0 Å². The molecular weight excluding hydrogens is 381 g/mol. The van der Waals surface area contributed by atoms with Gasteiger partial charge in [0.15, 0.2) is 0 Å². The van der Waals surface area contributed by atoms with Gasteiger partial charge in [-0.25, -0.2) is 0 Å². The van der Waals surface area contributed by atoms with Crippen LogP contribution in [0.15, 0.2) is 30.3 Å². The van der Waals surface area contributed by atoms with Crippen molar-refractivity contribution in [3.63, 3.8) is 0 Å². The Morgan fingerprint density at radius 3 is 2.47 bits per heavy atom. The number of rotatable bonds is 12. The van der Waals surface area contributed by atoms with E-state index >= 15 is 0 Å². The van der Waals surface area contributed by atoms with Crippen molar-refractivity contribution in [3.05, 3.63) is 35.9 Å². The largest absolute Gasteiger partial charge is 0.481 e. The zero-order chi connectivity index (χ0) is 22.0. The summed E-state index contributed by atoms with van der Waals surface area (Å²) in [6.07, 6.45) is 4.98. The number of carboxylic acids is 1. The van der Waals surface area contributed by atoms with Crippen molar-refractivity contribution < 1.29 is 19.5 Å². The lowest BCUT2D eigenvalue weighted by atomic mass is 9.75. The van der Waals surface area contributed by atoms with Gasteiger partial charge in [0.2, 0.25) is 11.8 Å². The lowest BCUT2D eigenvalue weighted by Gasteiger charge is -2.30. The van der Waals surface area contributed by atoms with Crippen LogP contribution in [0.3, 0.4) is 0 Å². The van der Waals surface area contributed by atoms with Crippen molar-refractivity contribution >= 4 is 25.6 Å². The van der Waals surface area contributed by atoms with Crippen molar-refractivity contribution in [2.24, 2.45) is 0 Å². The number of carbonyl (C=O) groups excluding carboxylic acids is 2. The van der Waals surface area contributed by atoms with Crippen LogP contribution in [0.25, 0.3) is 0 Å². The van der Waals surface area contributed by atoms with Crippen LogP contribution < -0.4 is 16.0 Å². The molecule has 1 fully saturated rings. The summed E-state index contributed by atoms with van der Waals surface area (Å²) < 4.78 is 0. The second kappa shape index (κ2) is 11.7. The zero-order valence-corrected chi connectivity index (χ0v) is 17.7. The minimum absolute atomic E-state index is 0.0523. The average molecular weight is 413 g/mol. The van der Waals surface area contributed by atoms with E-state index in [9.17, 15) is 14.4 Å². The lowest BCUT2D eigenvalue weighted by Crippen LogP contribution is -2.49. The molecule has 0 aromatic heterocycles. The number of benzene rings is 1. The molecule has 0 aliphatic heterocycles. The predicted molar refractivity (Wildman–Crippen MR) is 116 cm³/mol. The molecule has 0 bridgehead atoms. The molecule has 2 amide bonds.